The van der Waals surface area contributed by atoms with Crippen molar-refractivity contribution < 1.29 is 0 Å². The largest absolute Gasteiger partial charge is 0.309 e. The van der Waals surface area contributed by atoms with Crippen LogP contribution in [0.2, 0.25) is 0 Å². The lowest BCUT2D eigenvalue weighted by Gasteiger charge is -2.46. The van der Waals surface area contributed by atoms with Gasteiger partial charge in [0.1, 0.15) is 0 Å². The molecule has 3 saturated heterocycles. The fourth-order valence-corrected chi connectivity index (χ4v) is 7.64. The van der Waals surface area contributed by atoms with Crippen molar-refractivity contribution in [3.63, 3.8) is 0 Å². The standard InChI is InChI=1S/C34H35N3/c1-5-13-23(14-6-1)27-21-35-31(25-17-9-3-10-18-25)29-30-32(26-19-11-4-12-20-26)36-22-28(34(30)37-33(27)29)24-15-7-2-8-16-24/h1-20,27-37H,21-22H2. The van der Waals surface area contributed by atoms with Gasteiger partial charge in [0.15, 0.2) is 0 Å². The summed E-state index contributed by atoms with van der Waals surface area (Å²) in [5.74, 6) is 1.78. The van der Waals surface area contributed by atoms with Crippen molar-refractivity contribution in [2.45, 2.75) is 36.0 Å². The lowest BCUT2D eigenvalue weighted by atomic mass is 9.65. The topological polar surface area (TPSA) is 36.1 Å². The normalized spacial score (nSPS) is 32.9. The van der Waals surface area contributed by atoms with E-state index < -0.39 is 0 Å². The summed E-state index contributed by atoms with van der Waals surface area (Å²) in [5, 5.41) is 12.4. The summed E-state index contributed by atoms with van der Waals surface area (Å²) in [6, 6.07) is 46.0. The van der Waals surface area contributed by atoms with Gasteiger partial charge in [-0.05, 0) is 22.3 Å². The first kappa shape index (κ1) is 22.9. The molecule has 8 atom stereocenters. The molecule has 0 aromatic heterocycles. The highest BCUT2D eigenvalue weighted by Crippen LogP contribution is 2.53. The van der Waals surface area contributed by atoms with Gasteiger partial charge >= 0.3 is 0 Å². The molecule has 4 aromatic carbocycles. The van der Waals surface area contributed by atoms with E-state index in [1.54, 1.807) is 0 Å². The van der Waals surface area contributed by atoms with Crippen LogP contribution >= 0.6 is 0 Å². The highest BCUT2D eigenvalue weighted by Gasteiger charge is 2.57. The molecule has 3 heterocycles. The summed E-state index contributed by atoms with van der Waals surface area (Å²) in [5.41, 5.74) is 5.67. The molecule has 3 nitrogen and oxygen atoms in total. The zero-order valence-corrected chi connectivity index (χ0v) is 21.1. The molecule has 0 saturated carbocycles. The molecule has 0 radical (unpaired) electrons. The second kappa shape index (κ2) is 9.90. The molecule has 0 spiro atoms. The maximum Gasteiger partial charge on any atom is 0.0367 e. The summed E-state index contributed by atoms with van der Waals surface area (Å²) in [7, 11) is 0. The Morgan fingerprint density at radius 1 is 0.405 bits per heavy atom. The third-order valence-corrected chi connectivity index (χ3v) is 9.18. The average molecular weight is 486 g/mol. The van der Waals surface area contributed by atoms with E-state index in [0.717, 1.165) is 13.1 Å². The molecule has 3 fully saturated rings. The monoisotopic (exact) mass is 485 g/mol. The molecule has 3 heteroatoms. The smallest absolute Gasteiger partial charge is 0.0367 e. The SMILES string of the molecule is c1ccc(C2CNC(c3ccccc3)C3C2NC2C(c4ccccc4)CNC(c4ccccc4)C23)cc1. The van der Waals surface area contributed by atoms with Crippen molar-refractivity contribution in [2.24, 2.45) is 11.8 Å². The molecular formula is C34H35N3. The molecule has 4 aromatic rings. The van der Waals surface area contributed by atoms with Crippen LogP contribution in [-0.2, 0) is 0 Å². The van der Waals surface area contributed by atoms with Crippen molar-refractivity contribution >= 4 is 0 Å². The van der Waals surface area contributed by atoms with E-state index in [0.29, 0.717) is 47.8 Å². The number of hydrogen-bond donors (Lipinski definition) is 3. The lowest BCUT2D eigenvalue weighted by Crippen LogP contribution is -2.52. The van der Waals surface area contributed by atoms with Gasteiger partial charge in [-0.1, -0.05) is 121 Å². The molecule has 0 aliphatic carbocycles. The minimum Gasteiger partial charge on any atom is -0.309 e. The summed E-state index contributed by atoms with van der Waals surface area (Å²) in [4.78, 5) is 0. The molecule has 0 bridgehead atoms. The predicted octanol–water partition coefficient (Wildman–Crippen LogP) is 5.82. The minimum atomic E-state index is 0.316. The maximum atomic E-state index is 4.31. The Hall–Kier alpha value is -3.24. The summed E-state index contributed by atoms with van der Waals surface area (Å²) >= 11 is 0. The third-order valence-electron chi connectivity index (χ3n) is 9.18. The predicted molar refractivity (Wildman–Crippen MR) is 150 cm³/mol. The quantitative estimate of drug-likeness (QED) is 0.341. The van der Waals surface area contributed by atoms with Gasteiger partial charge in [-0.25, -0.2) is 0 Å². The number of nitrogens with one attached hydrogen (secondary N) is 3. The second-order valence-electron chi connectivity index (χ2n) is 11.0. The van der Waals surface area contributed by atoms with Crippen LogP contribution in [-0.4, -0.2) is 25.2 Å². The van der Waals surface area contributed by atoms with Crippen molar-refractivity contribution in [2.75, 3.05) is 13.1 Å². The van der Waals surface area contributed by atoms with Crippen LogP contribution in [0.5, 0.6) is 0 Å². The first-order valence-corrected chi connectivity index (χ1v) is 13.8. The second-order valence-corrected chi connectivity index (χ2v) is 11.0. The van der Waals surface area contributed by atoms with Crippen LogP contribution in [0.4, 0.5) is 0 Å². The van der Waals surface area contributed by atoms with E-state index in [2.05, 4.69) is 137 Å². The van der Waals surface area contributed by atoms with Crippen LogP contribution in [0.25, 0.3) is 0 Å². The number of hydrogen-bond acceptors (Lipinski definition) is 3. The zero-order chi connectivity index (χ0) is 24.6. The van der Waals surface area contributed by atoms with E-state index in [4.69, 9.17) is 0 Å². The Bertz CT molecular complexity index is 1190. The molecule has 37 heavy (non-hydrogen) atoms. The van der Waals surface area contributed by atoms with E-state index in [9.17, 15) is 0 Å². The van der Waals surface area contributed by atoms with Crippen LogP contribution in [0.1, 0.15) is 46.2 Å². The van der Waals surface area contributed by atoms with E-state index in [1.165, 1.54) is 22.3 Å². The van der Waals surface area contributed by atoms with Gasteiger partial charge < -0.3 is 16.0 Å². The third kappa shape index (κ3) is 4.12. The van der Waals surface area contributed by atoms with Crippen molar-refractivity contribution in [3.8, 4) is 0 Å². The zero-order valence-electron chi connectivity index (χ0n) is 21.1. The Labute approximate surface area is 220 Å². The molecule has 8 unspecified atom stereocenters. The van der Waals surface area contributed by atoms with Crippen molar-refractivity contribution in [1.82, 2.24) is 16.0 Å². The Kier molecular flexibility index (Phi) is 6.14. The van der Waals surface area contributed by atoms with E-state index in [-0.39, 0.29) is 0 Å². The average Bonchev–Trinajstić information content (AvgIpc) is 3.39. The number of piperidine rings is 2. The van der Waals surface area contributed by atoms with Crippen LogP contribution < -0.4 is 16.0 Å². The summed E-state index contributed by atoms with van der Waals surface area (Å²) in [6.45, 7) is 1.97. The van der Waals surface area contributed by atoms with Gasteiger partial charge in [-0.2, -0.15) is 0 Å². The maximum absolute atomic E-state index is 4.31. The van der Waals surface area contributed by atoms with E-state index in [1.807, 2.05) is 0 Å². The number of rotatable bonds is 4. The van der Waals surface area contributed by atoms with Crippen molar-refractivity contribution in [1.29, 1.82) is 0 Å². The fraction of sp³-hybridized carbons (Fsp3) is 0.294. The molecule has 3 N–H and O–H groups in total. The highest BCUT2D eigenvalue weighted by atomic mass is 15.1. The summed E-state index contributed by atoms with van der Waals surface area (Å²) < 4.78 is 0. The Morgan fingerprint density at radius 2 is 0.730 bits per heavy atom. The van der Waals surface area contributed by atoms with Gasteiger partial charge in [0.2, 0.25) is 0 Å². The molecule has 186 valence electrons. The first-order chi connectivity index (χ1) is 18.4. The Morgan fingerprint density at radius 3 is 1.08 bits per heavy atom. The van der Waals surface area contributed by atoms with Gasteiger partial charge in [0, 0.05) is 60.9 Å². The van der Waals surface area contributed by atoms with Gasteiger partial charge in [0.05, 0.1) is 0 Å². The van der Waals surface area contributed by atoms with Crippen LogP contribution in [0, 0.1) is 11.8 Å². The first-order valence-electron chi connectivity index (χ1n) is 13.8. The fourth-order valence-electron chi connectivity index (χ4n) is 7.64. The van der Waals surface area contributed by atoms with E-state index >= 15 is 0 Å². The minimum absolute atomic E-state index is 0.316. The molecule has 3 aliphatic rings. The van der Waals surface area contributed by atoms with Crippen molar-refractivity contribution in [3.05, 3.63) is 144 Å². The Balaban J connectivity index is 1.36. The van der Waals surface area contributed by atoms with Crippen LogP contribution in [0.3, 0.4) is 0 Å². The lowest BCUT2D eigenvalue weighted by molar-refractivity contribution is 0.139. The summed E-state index contributed by atoms with van der Waals surface area (Å²) in [6.07, 6.45) is 0. The van der Waals surface area contributed by atoms with Gasteiger partial charge in [-0.15, -0.1) is 0 Å². The number of fused-ring (bicyclic) bond motifs is 3. The van der Waals surface area contributed by atoms with Gasteiger partial charge in [-0.3, -0.25) is 0 Å². The van der Waals surface area contributed by atoms with Gasteiger partial charge in [0.25, 0.3) is 0 Å². The molecular weight excluding hydrogens is 450 g/mol. The number of benzene rings is 4. The molecule has 3 aliphatic heterocycles. The highest BCUT2D eigenvalue weighted by molar-refractivity contribution is 5.35. The molecule has 0 amide bonds. The van der Waals surface area contributed by atoms with Crippen LogP contribution in [0.15, 0.2) is 121 Å². The molecule has 7 rings (SSSR count).